The Kier molecular flexibility index (Phi) is 6.20. The minimum atomic E-state index is -0.208. The van der Waals surface area contributed by atoms with Crippen molar-refractivity contribution in [3.63, 3.8) is 0 Å². The summed E-state index contributed by atoms with van der Waals surface area (Å²) < 4.78 is 13.1. The fourth-order valence-corrected chi connectivity index (χ4v) is 3.33. The van der Waals surface area contributed by atoms with E-state index in [0.29, 0.717) is 12.5 Å². The Bertz CT molecular complexity index is 881. The van der Waals surface area contributed by atoms with Gasteiger partial charge in [0.25, 0.3) is 0 Å². The summed E-state index contributed by atoms with van der Waals surface area (Å²) >= 11 is 0. The quantitative estimate of drug-likeness (QED) is 0.343. The molecule has 0 spiro atoms. The van der Waals surface area contributed by atoms with Crippen LogP contribution in [0, 0.1) is 5.82 Å². The van der Waals surface area contributed by atoms with Crippen molar-refractivity contribution in [1.29, 1.82) is 0 Å². The lowest BCUT2D eigenvalue weighted by molar-refractivity contribution is 0.380. The van der Waals surface area contributed by atoms with Crippen LogP contribution in [0.4, 0.5) is 10.1 Å². The minimum absolute atomic E-state index is 0. The van der Waals surface area contributed by atoms with Gasteiger partial charge in [-0.05, 0) is 41.8 Å². The highest BCUT2D eigenvalue weighted by molar-refractivity contribution is 14.0. The van der Waals surface area contributed by atoms with Gasteiger partial charge in [-0.3, -0.25) is 0 Å². The van der Waals surface area contributed by atoms with Gasteiger partial charge in [0.1, 0.15) is 5.82 Å². The van der Waals surface area contributed by atoms with Crippen molar-refractivity contribution in [1.82, 2.24) is 9.88 Å². The molecule has 0 unspecified atom stereocenters. The number of benzene rings is 2. The van der Waals surface area contributed by atoms with E-state index in [-0.39, 0.29) is 29.8 Å². The number of hydrogen-bond acceptors (Lipinski definition) is 2. The average molecular weight is 479 g/mol. The van der Waals surface area contributed by atoms with Crippen molar-refractivity contribution in [2.24, 2.45) is 10.7 Å². The van der Waals surface area contributed by atoms with E-state index < -0.39 is 0 Å². The molecular weight excluding hydrogens is 456 g/mol. The summed E-state index contributed by atoms with van der Waals surface area (Å²) in [4.78, 5) is 12.2. The number of aromatic nitrogens is 1. The van der Waals surface area contributed by atoms with Crippen LogP contribution in [0.5, 0.6) is 0 Å². The van der Waals surface area contributed by atoms with Gasteiger partial charge in [-0.2, -0.15) is 0 Å². The maximum absolute atomic E-state index is 13.1. The number of para-hydroxylation sites is 1. The third kappa shape index (κ3) is 4.52. The molecule has 4 rings (SSSR count). The fraction of sp³-hybridized carbons (Fsp3) is 0.250. The first-order valence-electron chi connectivity index (χ1n) is 8.81. The van der Waals surface area contributed by atoms with Gasteiger partial charge < -0.3 is 20.5 Å². The number of hydrogen-bond donors (Lipinski definition) is 2. The number of halogens is 2. The number of nitrogens with one attached hydrogen (secondary N) is 1. The van der Waals surface area contributed by atoms with Crippen LogP contribution in [0.1, 0.15) is 5.69 Å². The van der Waals surface area contributed by atoms with Crippen LogP contribution in [0.2, 0.25) is 0 Å². The number of piperazine rings is 1. The maximum atomic E-state index is 13.1. The van der Waals surface area contributed by atoms with Gasteiger partial charge >= 0.3 is 0 Å². The van der Waals surface area contributed by atoms with Gasteiger partial charge in [0, 0.05) is 43.1 Å². The molecule has 2 aromatic carbocycles. The van der Waals surface area contributed by atoms with Crippen LogP contribution in [-0.2, 0) is 6.54 Å². The SMILES string of the molecule is I.NC(=NCc1cc2ccccc2[nH]1)N1CCN(c2ccc(F)cc2)CC1. The second-order valence-electron chi connectivity index (χ2n) is 6.51. The molecule has 3 aromatic rings. The Labute approximate surface area is 175 Å². The largest absolute Gasteiger partial charge is 0.370 e. The van der Waals surface area contributed by atoms with Crippen LogP contribution >= 0.6 is 24.0 Å². The molecule has 1 saturated heterocycles. The van der Waals surface area contributed by atoms with Gasteiger partial charge in [-0.25, -0.2) is 9.38 Å². The van der Waals surface area contributed by atoms with Crippen LogP contribution in [-0.4, -0.2) is 42.0 Å². The third-order valence-electron chi connectivity index (χ3n) is 4.79. The lowest BCUT2D eigenvalue weighted by atomic mass is 10.2. The Balaban J connectivity index is 0.00000210. The molecule has 0 bridgehead atoms. The third-order valence-corrected chi connectivity index (χ3v) is 4.79. The van der Waals surface area contributed by atoms with Crippen LogP contribution < -0.4 is 10.6 Å². The van der Waals surface area contributed by atoms with Gasteiger partial charge in [0.2, 0.25) is 0 Å². The average Bonchev–Trinajstić information content (AvgIpc) is 3.10. The first-order chi connectivity index (χ1) is 12.7. The first kappa shape index (κ1) is 19.5. The van der Waals surface area contributed by atoms with Crippen molar-refractivity contribution >= 4 is 46.5 Å². The molecule has 1 aliphatic rings. The van der Waals surface area contributed by atoms with E-state index in [9.17, 15) is 4.39 Å². The highest BCUT2D eigenvalue weighted by Crippen LogP contribution is 2.17. The van der Waals surface area contributed by atoms with E-state index in [1.54, 1.807) is 0 Å². The maximum Gasteiger partial charge on any atom is 0.191 e. The predicted molar refractivity (Wildman–Crippen MR) is 119 cm³/mol. The standard InChI is InChI=1S/C20H22FN5.HI/c21-16-5-7-18(8-6-16)25-9-11-26(12-10-25)20(22)23-14-17-13-15-3-1-2-4-19(15)24-17;/h1-8,13,24H,9-12,14H2,(H2,22,23);1H. The Morgan fingerprint density at radius 3 is 2.44 bits per heavy atom. The zero-order chi connectivity index (χ0) is 17.9. The monoisotopic (exact) mass is 479 g/mol. The molecule has 2 heterocycles. The number of anilines is 1. The summed E-state index contributed by atoms with van der Waals surface area (Å²) in [7, 11) is 0. The predicted octanol–water partition coefficient (Wildman–Crippen LogP) is 3.56. The van der Waals surface area contributed by atoms with E-state index >= 15 is 0 Å². The van der Waals surface area contributed by atoms with Crippen molar-refractivity contribution in [2.45, 2.75) is 6.54 Å². The van der Waals surface area contributed by atoms with Gasteiger partial charge in [-0.15, -0.1) is 24.0 Å². The Morgan fingerprint density at radius 2 is 1.74 bits per heavy atom. The summed E-state index contributed by atoms with van der Waals surface area (Å²) in [5.41, 5.74) is 9.40. The number of fused-ring (bicyclic) bond motifs is 1. The molecule has 0 aliphatic carbocycles. The molecule has 0 saturated carbocycles. The van der Waals surface area contributed by atoms with Crippen molar-refractivity contribution in [3.05, 3.63) is 66.1 Å². The molecule has 27 heavy (non-hydrogen) atoms. The van der Waals surface area contributed by atoms with E-state index in [1.807, 2.05) is 24.3 Å². The lowest BCUT2D eigenvalue weighted by Gasteiger charge is -2.36. The van der Waals surface area contributed by atoms with Gasteiger partial charge in [0.15, 0.2) is 5.96 Å². The molecule has 0 atom stereocenters. The molecule has 0 radical (unpaired) electrons. The Hall–Kier alpha value is -2.29. The molecular formula is C20H23FIN5. The number of aromatic amines is 1. The zero-order valence-electron chi connectivity index (χ0n) is 14.9. The number of H-pyrrole nitrogens is 1. The number of aliphatic imine (C=N–C) groups is 1. The zero-order valence-corrected chi connectivity index (χ0v) is 17.3. The molecule has 1 aliphatic heterocycles. The lowest BCUT2D eigenvalue weighted by Crippen LogP contribution is -2.51. The van der Waals surface area contributed by atoms with Gasteiger partial charge in [-0.1, -0.05) is 18.2 Å². The van der Waals surface area contributed by atoms with Crippen molar-refractivity contribution in [3.8, 4) is 0 Å². The second kappa shape index (κ2) is 8.60. The highest BCUT2D eigenvalue weighted by Gasteiger charge is 2.18. The van der Waals surface area contributed by atoms with Crippen LogP contribution in [0.25, 0.3) is 10.9 Å². The number of guanidine groups is 1. The summed E-state index contributed by atoms with van der Waals surface area (Å²) in [5, 5.41) is 1.18. The fourth-order valence-electron chi connectivity index (χ4n) is 3.33. The van der Waals surface area contributed by atoms with Crippen LogP contribution in [0.15, 0.2) is 59.6 Å². The molecule has 5 nitrogen and oxygen atoms in total. The molecule has 1 fully saturated rings. The number of nitrogens with zero attached hydrogens (tertiary/aromatic N) is 3. The van der Waals surface area contributed by atoms with E-state index in [1.165, 1.54) is 17.5 Å². The summed E-state index contributed by atoms with van der Waals surface area (Å²) in [5.74, 6) is 0.364. The topological polar surface area (TPSA) is 60.6 Å². The normalized spacial score (nSPS) is 15.1. The van der Waals surface area contributed by atoms with E-state index in [0.717, 1.165) is 43.1 Å². The molecule has 3 N–H and O–H groups in total. The van der Waals surface area contributed by atoms with Gasteiger partial charge in [0.05, 0.1) is 6.54 Å². The number of rotatable bonds is 3. The first-order valence-corrected chi connectivity index (χ1v) is 8.81. The second-order valence-corrected chi connectivity index (χ2v) is 6.51. The number of nitrogens with two attached hydrogens (primary N) is 1. The van der Waals surface area contributed by atoms with E-state index in [2.05, 4.69) is 38.0 Å². The smallest absolute Gasteiger partial charge is 0.191 e. The molecule has 7 heteroatoms. The van der Waals surface area contributed by atoms with Crippen LogP contribution in [0.3, 0.4) is 0 Å². The molecule has 0 amide bonds. The van der Waals surface area contributed by atoms with Crippen molar-refractivity contribution in [2.75, 3.05) is 31.1 Å². The summed E-state index contributed by atoms with van der Waals surface area (Å²) in [6.45, 7) is 3.83. The molecule has 1 aromatic heterocycles. The highest BCUT2D eigenvalue weighted by atomic mass is 127. The van der Waals surface area contributed by atoms with Crippen molar-refractivity contribution < 1.29 is 4.39 Å². The van der Waals surface area contributed by atoms with E-state index in [4.69, 9.17) is 5.73 Å². The minimum Gasteiger partial charge on any atom is -0.370 e. The molecule has 142 valence electrons. The summed E-state index contributed by atoms with van der Waals surface area (Å²) in [6.07, 6.45) is 0. The Morgan fingerprint density at radius 1 is 1.04 bits per heavy atom. The summed E-state index contributed by atoms with van der Waals surface area (Å²) in [6, 6.07) is 16.9.